The van der Waals surface area contributed by atoms with Crippen molar-refractivity contribution in [2.75, 3.05) is 11.9 Å². The van der Waals surface area contributed by atoms with Gasteiger partial charge in [0.15, 0.2) is 5.58 Å². The van der Waals surface area contributed by atoms with Crippen molar-refractivity contribution in [1.82, 2.24) is 14.5 Å². The standard InChI is InChI=1S/C18H18N4O2.CO2/c1-3-10-23-12-8-9-14-16(11-12)24-18(20-14)21-17-19-13-6-4-5-7-15(13)22(17)2;2-1-3/h4-9,11H,3,10H2,1-2H3,(H,19,20,21);. The van der Waals surface area contributed by atoms with Crippen molar-refractivity contribution < 1.29 is 18.7 Å². The van der Waals surface area contributed by atoms with Gasteiger partial charge in [0, 0.05) is 13.1 Å². The largest absolute Gasteiger partial charge is 0.493 e. The molecule has 0 aliphatic heterocycles. The van der Waals surface area contributed by atoms with Crippen molar-refractivity contribution in [2.24, 2.45) is 7.05 Å². The fourth-order valence-electron chi connectivity index (χ4n) is 2.62. The number of nitrogens with zero attached hydrogens (tertiary/aromatic N) is 3. The summed E-state index contributed by atoms with van der Waals surface area (Å²) >= 11 is 0. The maximum Gasteiger partial charge on any atom is 0.373 e. The lowest BCUT2D eigenvalue weighted by atomic mass is 10.3. The molecule has 0 radical (unpaired) electrons. The molecule has 1 N–H and O–H groups in total. The predicted octanol–water partition coefficient (Wildman–Crippen LogP) is 3.66. The van der Waals surface area contributed by atoms with E-state index < -0.39 is 0 Å². The van der Waals surface area contributed by atoms with Gasteiger partial charge >= 0.3 is 12.2 Å². The molecule has 27 heavy (non-hydrogen) atoms. The van der Waals surface area contributed by atoms with Crippen LogP contribution >= 0.6 is 0 Å². The van der Waals surface area contributed by atoms with Crippen molar-refractivity contribution >= 4 is 40.2 Å². The van der Waals surface area contributed by atoms with Crippen LogP contribution in [0.1, 0.15) is 13.3 Å². The van der Waals surface area contributed by atoms with Gasteiger partial charge in [-0.1, -0.05) is 19.1 Å². The second kappa shape index (κ2) is 8.16. The molecule has 2 aromatic carbocycles. The highest BCUT2D eigenvalue weighted by molar-refractivity contribution is 5.80. The Labute approximate surface area is 154 Å². The zero-order chi connectivity index (χ0) is 19.2. The number of aryl methyl sites for hydroxylation is 1. The second-order valence-electron chi connectivity index (χ2n) is 5.69. The molecule has 4 aromatic rings. The Morgan fingerprint density at radius 1 is 1.15 bits per heavy atom. The molecule has 0 spiro atoms. The Morgan fingerprint density at radius 3 is 2.67 bits per heavy atom. The Kier molecular flexibility index (Phi) is 5.49. The fraction of sp³-hybridized carbons (Fsp3) is 0.211. The van der Waals surface area contributed by atoms with E-state index in [2.05, 4.69) is 22.2 Å². The first-order chi connectivity index (χ1) is 13.2. The molecule has 0 unspecified atom stereocenters. The van der Waals surface area contributed by atoms with E-state index in [-0.39, 0.29) is 6.15 Å². The van der Waals surface area contributed by atoms with E-state index in [0.717, 1.165) is 28.7 Å². The summed E-state index contributed by atoms with van der Waals surface area (Å²) in [7, 11) is 1.96. The zero-order valence-electron chi connectivity index (χ0n) is 14.9. The van der Waals surface area contributed by atoms with Gasteiger partial charge in [-0.3, -0.25) is 5.32 Å². The number of fused-ring (bicyclic) bond motifs is 2. The summed E-state index contributed by atoms with van der Waals surface area (Å²) < 4.78 is 13.4. The van der Waals surface area contributed by atoms with Crippen molar-refractivity contribution in [1.29, 1.82) is 0 Å². The molecular formula is C19H18N4O4. The number of ether oxygens (including phenoxy) is 1. The first-order valence-electron chi connectivity index (χ1n) is 8.37. The number of oxazole rings is 1. The minimum atomic E-state index is 0.250. The van der Waals surface area contributed by atoms with Crippen LogP contribution in [0.2, 0.25) is 0 Å². The molecule has 0 amide bonds. The minimum absolute atomic E-state index is 0.250. The van der Waals surface area contributed by atoms with Crippen LogP contribution in [-0.4, -0.2) is 27.3 Å². The van der Waals surface area contributed by atoms with Gasteiger partial charge in [0.2, 0.25) is 5.95 Å². The second-order valence-corrected chi connectivity index (χ2v) is 5.69. The number of anilines is 2. The third-order valence-electron chi connectivity index (χ3n) is 3.84. The molecule has 138 valence electrons. The summed E-state index contributed by atoms with van der Waals surface area (Å²) in [5, 5.41) is 3.15. The van der Waals surface area contributed by atoms with Crippen LogP contribution in [0.5, 0.6) is 5.75 Å². The van der Waals surface area contributed by atoms with E-state index in [0.29, 0.717) is 24.2 Å². The van der Waals surface area contributed by atoms with Crippen LogP contribution < -0.4 is 10.1 Å². The summed E-state index contributed by atoms with van der Waals surface area (Å²) in [6, 6.07) is 14.0. The van der Waals surface area contributed by atoms with Crippen LogP contribution in [0.15, 0.2) is 46.9 Å². The van der Waals surface area contributed by atoms with Crippen molar-refractivity contribution in [2.45, 2.75) is 13.3 Å². The van der Waals surface area contributed by atoms with Gasteiger partial charge in [-0.15, -0.1) is 0 Å². The van der Waals surface area contributed by atoms with E-state index in [1.54, 1.807) is 0 Å². The van der Waals surface area contributed by atoms with Crippen LogP contribution in [0.4, 0.5) is 12.0 Å². The van der Waals surface area contributed by atoms with Gasteiger partial charge in [-0.2, -0.15) is 14.6 Å². The van der Waals surface area contributed by atoms with Gasteiger partial charge in [0.1, 0.15) is 11.3 Å². The minimum Gasteiger partial charge on any atom is -0.493 e. The number of para-hydroxylation sites is 2. The van der Waals surface area contributed by atoms with Crippen LogP contribution in [0.3, 0.4) is 0 Å². The Balaban J connectivity index is 0.000000659. The first kappa shape index (κ1) is 18.2. The molecule has 0 bridgehead atoms. The van der Waals surface area contributed by atoms with Crippen molar-refractivity contribution in [3.63, 3.8) is 0 Å². The van der Waals surface area contributed by atoms with E-state index in [1.165, 1.54) is 0 Å². The first-order valence-corrected chi connectivity index (χ1v) is 8.37. The molecule has 2 aromatic heterocycles. The molecule has 0 saturated carbocycles. The molecule has 8 nitrogen and oxygen atoms in total. The SMILES string of the molecule is CCCOc1ccc2nc(Nc3nc4ccccc4n3C)oc2c1.O=C=O. The average molecular weight is 366 g/mol. The highest BCUT2D eigenvalue weighted by Crippen LogP contribution is 2.26. The van der Waals surface area contributed by atoms with Gasteiger partial charge in [0.25, 0.3) is 0 Å². The molecule has 2 heterocycles. The topological polar surface area (TPSA) is 99.2 Å². The lowest BCUT2D eigenvalue weighted by Gasteiger charge is -2.02. The number of carbonyl (C=O) groups excluding carboxylic acids is 2. The van der Waals surface area contributed by atoms with Crippen LogP contribution in [-0.2, 0) is 16.6 Å². The van der Waals surface area contributed by atoms with Crippen molar-refractivity contribution in [3.8, 4) is 5.75 Å². The molecule has 0 atom stereocenters. The van der Waals surface area contributed by atoms with E-state index in [1.807, 2.05) is 54.1 Å². The summed E-state index contributed by atoms with van der Waals surface area (Å²) in [4.78, 5) is 25.3. The van der Waals surface area contributed by atoms with Crippen LogP contribution in [0.25, 0.3) is 22.1 Å². The molecule has 0 saturated heterocycles. The third kappa shape index (κ3) is 3.96. The normalized spacial score (nSPS) is 10.3. The highest BCUT2D eigenvalue weighted by atomic mass is 16.5. The molecule has 8 heteroatoms. The van der Waals surface area contributed by atoms with Crippen LogP contribution in [0, 0.1) is 0 Å². The van der Waals surface area contributed by atoms with Gasteiger partial charge in [-0.05, 0) is 30.7 Å². The summed E-state index contributed by atoms with van der Waals surface area (Å²) in [5.74, 6) is 1.47. The quantitative estimate of drug-likeness (QED) is 0.575. The number of imidazole rings is 1. The number of hydrogen-bond acceptors (Lipinski definition) is 7. The molecule has 0 aliphatic carbocycles. The van der Waals surface area contributed by atoms with E-state index >= 15 is 0 Å². The zero-order valence-corrected chi connectivity index (χ0v) is 14.9. The maximum absolute atomic E-state index is 8.12. The lowest BCUT2D eigenvalue weighted by molar-refractivity contribution is -0.191. The van der Waals surface area contributed by atoms with Crippen molar-refractivity contribution in [3.05, 3.63) is 42.5 Å². The lowest BCUT2D eigenvalue weighted by Crippen LogP contribution is -1.98. The number of hydrogen-bond donors (Lipinski definition) is 1. The average Bonchev–Trinajstić information content (AvgIpc) is 3.21. The van der Waals surface area contributed by atoms with Gasteiger partial charge in [-0.25, -0.2) is 4.98 Å². The third-order valence-corrected chi connectivity index (χ3v) is 3.84. The Morgan fingerprint density at radius 2 is 1.93 bits per heavy atom. The van der Waals surface area contributed by atoms with E-state index in [4.69, 9.17) is 18.7 Å². The summed E-state index contributed by atoms with van der Waals surface area (Å²) in [6.07, 6.45) is 1.22. The number of benzene rings is 2. The number of rotatable bonds is 5. The molecule has 0 fully saturated rings. The van der Waals surface area contributed by atoms with E-state index in [9.17, 15) is 0 Å². The highest BCUT2D eigenvalue weighted by Gasteiger charge is 2.12. The number of nitrogens with one attached hydrogen (secondary N) is 1. The maximum atomic E-state index is 8.12. The summed E-state index contributed by atoms with van der Waals surface area (Å²) in [5.41, 5.74) is 3.44. The molecule has 0 aliphatic rings. The summed E-state index contributed by atoms with van der Waals surface area (Å²) in [6.45, 7) is 2.76. The van der Waals surface area contributed by atoms with Gasteiger partial charge in [0.05, 0.1) is 17.6 Å². The number of aromatic nitrogens is 3. The van der Waals surface area contributed by atoms with Gasteiger partial charge < -0.3 is 13.7 Å². The fourth-order valence-corrected chi connectivity index (χ4v) is 2.62. The Hall–Kier alpha value is -3.64. The smallest absolute Gasteiger partial charge is 0.373 e. The predicted molar refractivity (Wildman–Crippen MR) is 98.8 cm³/mol. The molecular weight excluding hydrogens is 348 g/mol. The molecule has 4 rings (SSSR count). The Bertz CT molecular complexity index is 1090. The monoisotopic (exact) mass is 366 g/mol.